The molecule has 0 amide bonds. The molecule has 2 saturated heterocycles. The zero-order valence-electron chi connectivity index (χ0n) is 23.6. The van der Waals surface area contributed by atoms with Gasteiger partial charge in [0.1, 0.15) is 48.9 Å². The Morgan fingerprint density at radius 2 is 2.09 bits per heavy atom. The second kappa shape index (κ2) is 12.6. The van der Waals surface area contributed by atoms with Crippen molar-refractivity contribution in [2.24, 2.45) is 10.3 Å². The standard InChI is InChI=1S/C28H30ClN7O6S/c1-15(29)35(34-30-3)23-24-20(12-40-28(42-24)17-7-5-4-6-8-17)41-26(25(23)39-13-22(37)38)27-31-14-32-36(27)18-9-10-19-21(11-18)43-16(2)33-19/h4-11,14-15,20,23-26,28H,12-13H2,1-3H3,(H,37,38)/b34-30-/t15?,20-,23+,24+,25-,26-,28?/m1/s1. The number of benzene rings is 2. The molecule has 4 heterocycles. The van der Waals surface area contributed by atoms with Crippen molar-refractivity contribution in [1.82, 2.24) is 24.8 Å². The van der Waals surface area contributed by atoms with E-state index in [1.165, 1.54) is 13.4 Å². The zero-order chi connectivity index (χ0) is 30.1. The summed E-state index contributed by atoms with van der Waals surface area (Å²) in [4.78, 5) is 20.9. The summed E-state index contributed by atoms with van der Waals surface area (Å²) in [7, 11) is 1.53. The number of thiazole rings is 1. The van der Waals surface area contributed by atoms with Crippen molar-refractivity contribution in [3.63, 3.8) is 0 Å². The Labute approximate surface area is 256 Å². The van der Waals surface area contributed by atoms with Gasteiger partial charge in [-0.1, -0.05) is 47.2 Å². The predicted octanol–water partition coefficient (Wildman–Crippen LogP) is 4.46. The number of hydrogen-bond donors (Lipinski definition) is 1. The number of carbonyl (C=O) groups is 1. The second-order valence-corrected chi connectivity index (χ2v) is 12.0. The van der Waals surface area contributed by atoms with Crippen LogP contribution in [0.3, 0.4) is 0 Å². The zero-order valence-corrected chi connectivity index (χ0v) is 25.1. The van der Waals surface area contributed by atoms with E-state index in [2.05, 4.69) is 25.4 Å². The Morgan fingerprint density at radius 3 is 2.84 bits per heavy atom. The SMILES string of the molecule is C/N=N\N(C(C)Cl)[C@H]1[C@H]2OC(c3ccccc3)OC[C@H]2O[C@@H](c2ncnn2-c2ccc3nc(C)sc3c2)[C@@H]1OCC(=O)O. The lowest BCUT2D eigenvalue weighted by Crippen LogP contribution is -2.65. The summed E-state index contributed by atoms with van der Waals surface area (Å²) < 4.78 is 28.0. The van der Waals surface area contributed by atoms with Crippen LogP contribution < -0.4 is 0 Å². The lowest BCUT2D eigenvalue weighted by Gasteiger charge is -2.51. The topological polar surface area (TPSA) is 146 Å². The van der Waals surface area contributed by atoms with Crippen LogP contribution in [0, 0.1) is 6.92 Å². The van der Waals surface area contributed by atoms with Crippen LogP contribution in [0.15, 0.2) is 65.2 Å². The van der Waals surface area contributed by atoms with Gasteiger partial charge < -0.3 is 24.1 Å². The van der Waals surface area contributed by atoms with E-state index in [9.17, 15) is 9.90 Å². The first-order valence-corrected chi connectivity index (χ1v) is 14.9. The Balaban J connectivity index is 1.43. The third-order valence-electron chi connectivity index (χ3n) is 7.24. The van der Waals surface area contributed by atoms with E-state index < -0.39 is 54.8 Å². The minimum Gasteiger partial charge on any atom is -0.480 e. The van der Waals surface area contributed by atoms with Crippen molar-refractivity contribution in [2.45, 2.75) is 56.1 Å². The van der Waals surface area contributed by atoms with Crippen LogP contribution >= 0.6 is 22.9 Å². The van der Waals surface area contributed by atoms with Gasteiger partial charge >= 0.3 is 5.97 Å². The quantitative estimate of drug-likeness (QED) is 0.122. The molecule has 2 fully saturated rings. The summed E-state index contributed by atoms with van der Waals surface area (Å²) >= 11 is 8.23. The molecular formula is C28H30ClN7O6S. The fraction of sp³-hybridized carbons (Fsp3) is 0.429. The van der Waals surface area contributed by atoms with Gasteiger partial charge in [0.25, 0.3) is 0 Å². The molecule has 0 aliphatic carbocycles. The Kier molecular flexibility index (Phi) is 8.66. The number of rotatable bonds is 9. The molecule has 0 radical (unpaired) electrons. The first-order valence-electron chi connectivity index (χ1n) is 13.6. The number of carboxylic acid groups (broad SMARTS) is 1. The molecule has 2 unspecified atom stereocenters. The minimum absolute atomic E-state index is 0.177. The van der Waals surface area contributed by atoms with Crippen LogP contribution in [-0.4, -0.2) is 85.9 Å². The van der Waals surface area contributed by atoms with E-state index in [1.54, 1.807) is 28.0 Å². The van der Waals surface area contributed by atoms with Gasteiger partial charge in [-0.2, -0.15) is 10.2 Å². The molecule has 15 heteroatoms. The van der Waals surface area contributed by atoms with Gasteiger partial charge in [-0.15, -0.1) is 11.3 Å². The molecule has 6 rings (SSSR count). The normalized spacial score (nSPS) is 26.4. The van der Waals surface area contributed by atoms with Crippen molar-refractivity contribution < 1.29 is 28.8 Å². The number of alkyl halides is 1. The maximum absolute atomic E-state index is 11.8. The molecule has 0 spiro atoms. The first-order chi connectivity index (χ1) is 20.8. The monoisotopic (exact) mass is 627 g/mol. The van der Waals surface area contributed by atoms with Crippen molar-refractivity contribution in [3.05, 3.63) is 71.3 Å². The highest BCUT2D eigenvalue weighted by molar-refractivity contribution is 7.18. The van der Waals surface area contributed by atoms with Gasteiger partial charge in [0.2, 0.25) is 0 Å². The summed E-state index contributed by atoms with van der Waals surface area (Å²) in [5.41, 5.74) is 1.77. The number of aromatic nitrogens is 4. The van der Waals surface area contributed by atoms with Crippen molar-refractivity contribution in [1.29, 1.82) is 0 Å². The predicted molar refractivity (Wildman–Crippen MR) is 156 cm³/mol. The number of ether oxygens (including phenoxy) is 4. The van der Waals surface area contributed by atoms with E-state index in [1.807, 2.05) is 55.5 Å². The molecule has 43 heavy (non-hydrogen) atoms. The van der Waals surface area contributed by atoms with Crippen molar-refractivity contribution in [3.8, 4) is 5.69 Å². The Bertz CT molecular complexity index is 1600. The maximum Gasteiger partial charge on any atom is 0.329 e. The lowest BCUT2D eigenvalue weighted by molar-refractivity contribution is -0.326. The molecule has 2 aromatic carbocycles. The molecule has 4 aromatic rings. The average Bonchev–Trinajstić information content (AvgIpc) is 3.64. The third-order valence-corrected chi connectivity index (χ3v) is 8.37. The molecular weight excluding hydrogens is 598 g/mol. The Hall–Kier alpha value is -3.53. The minimum atomic E-state index is -1.15. The van der Waals surface area contributed by atoms with E-state index in [4.69, 9.17) is 30.5 Å². The molecule has 226 valence electrons. The summed E-state index contributed by atoms with van der Waals surface area (Å²) in [6.45, 7) is 3.27. The number of aliphatic carboxylic acids is 1. The molecule has 0 saturated carbocycles. The molecule has 1 N–H and O–H groups in total. The molecule has 2 aliphatic rings. The van der Waals surface area contributed by atoms with Crippen LogP contribution in [0.4, 0.5) is 0 Å². The van der Waals surface area contributed by atoms with Crippen molar-refractivity contribution in [2.75, 3.05) is 20.3 Å². The van der Waals surface area contributed by atoms with E-state index >= 15 is 0 Å². The summed E-state index contributed by atoms with van der Waals surface area (Å²) in [6, 6.07) is 14.6. The highest BCUT2D eigenvalue weighted by atomic mass is 35.5. The number of aryl methyl sites for hydroxylation is 1. The van der Waals surface area contributed by atoms with Gasteiger partial charge in [-0.25, -0.2) is 19.4 Å². The largest absolute Gasteiger partial charge is 0.480 e. The van der Waals surface area contributed by atoms with E-state index in [0.717, 1.165) is 26.5 Å². The molecule has 13 nitrogen and oxygen atoms in total. The van der Waals surface area contributed by atoms with E-state index in [-0.39, 0.29) is 6.61 Å². The number of nitrogens with zero attached hydrogens (tertiary/aromatic N) is 7. The van der Waals surface area contributed by atoms with Crippen LogP contribution in [0.1, 0.15) is 35.7 Å². The van der Waals surface area contributed by atoms with Crippen LogP contribution in [-0.2, 0) is 23.7 Å². The molecule has 7 atom stereocenters. The first kappa shape index (κ1) is 29.5. The highest BCUT2D eigenvalue weighted by Gasteiger charge is 2.55. The summed E-state index contributed by atoms with van der Waals surface area (Å²) in [6.07, 6.45) is -2.44. The van der Waals surface area contributed by atoms with Crippen molar-refractivity contribution >= 4 is 39.1 Å². The van der Waals surface area contributed by atoms with E-state index in [0.29, 0.717) is 5.82 Å². The lowest BCUT2D eigenvalue weighted by atomic mass is 9.90. The summed E-state index contributed by atoms with van der Waals surface area (Å²) in [5.74, 6) is -0.745. The molecule has 2 aliphatic heterocycles. The van der Waals surface area contributed by atoms with Gasteiger partial charge in [0.05, 0.1) is 34.6 Å². The third kappa shape index (κ3) is 5.98. The van der Waals surface area contributed by atoms with Crippen LogP contribution in [0.25, 0.3) is 15.9 Å². The highest BCUT2D eigenvalue weighted by Crippen LogP contribution is 2.43. The fourth-order valence-electron chi connectivity index (χ4n) is 5.52. The number of halogens is 1. The maximum atomic E-state index is 11.8. The van der Waals surface area contributed by atoms with Crippen LogP contribution in [0.2, 0.25) is 0 Å². The van der Waals surface area contributed by atoms with Crippen LogP contribution in [0.5, 0.6) is 0 Å². The smallest absolute Gasteiger partial charge is 0.329 e. The number of fused-ring (bicyclic) bond motifs is 2. The molecule has 0 bridgehead atoms. The fourth-order valence-corrected chi connectivity index (χ4v) is 6.55. The van der Waals surface area contributed by atoms with Gasteiger partial charge in [0, 0.05) is 5.56 Å². The molecule has 2 aromatic heterocycles. The van der Waals surface area contributed by atoms with Gasteiger partial charge in [-0.3, -0.25) is 5.01 Å². The van der Waals surface area contributed by atoms with Gasteiger partial charge in [0.15, 0.2) is 12.1 Å². The second-order valence-electron chi connectivity index (χ2n) is 10.1. The number of carboxylic acids is 1. The Morgan fingerprint density at radius 1 is 1.28 bits per heavy atom. The number of hydrogen-bond acceptors (Lipinski definition) is 11. The summed E-state index contributed by atoms with van der Waals surface area (Å²) in [5, 5.41) is 24.9. The average molecular weight is 628 g/mol. The van der Waals surface area contributed by atoms with Gasteiger partial charge in [-0.05, 0) is 32.0 Å².